The minimum absolute atomic E-state index is 0.104. The smallest absolute Gasteiger partial charge is 0.263 e. The van der Waals surface area contributed by atoms with E-state index in [0.29, 0.717) is 28.4 Å². The molecule has 3 rings (SSSR count). The first-order valence-electron chi connectivity index (χ1n) is 9.27. The van der Waals surface area contributed by atoms with Crippen molar-refractivity contribution in [1.29, 1.82) is 0 Å². The molecule has 3 aromatic rings. The standard InChI is InChI=1S/C24H22ClNO3/c1-24(2,23(28)26-16-17-6-4-3-5-7-17)29-21-14-10-19(11-15-21)22(27)18-8-12-20(25)13-9-18/h3-15H,16H2,1-2H3,(H,26,28). The minimum atomic E-state index is -1.06. The Hall–Kier alpha value is -3.11. The highest BCUT2D eigenvalue weighted by molar-refractivity contribution is 6.30. The Morgan fingerprint density at radius 3 is 2.00 bits per heavy atom. The number of rotatable bonds is 7. The summed E-state index contributed by atoms with van der Waals surface area (Å²) in [6, 6.07) is 23.2. The van der Waals surface area contributed by atoms with Crippen LogP contribution in [-0.2, 0) is 11.3 Å². The van der Waals surface area contributed by atoms with Crippen molar-refractivity contribution in [1.82, 2.24) is 5.32 Å². The lowest BCUT2D eigenvalue weighted by Crippen LogP contribution is -2.46. The number of amides is 1. The number of benzene rings is 3. The molecule has 3 aromatic carbocycles. The molecule has 0 aliphatic carbocycles. The van der Waals surface area contributed by atoms with Gasteiger partial charge in [0.05, 0.1) is 0 Å². The minimum Gasteiger partial charge on any atom is -0.478 e. The molecule has 0 spiro atoms. The Morgan fingerprint density at radius 1 is 0.862 bits per heavy atom. The van der Waals surface area contributed by atoms with Gasteiger partial charge in [-0.2, -0.15) is 0 Å². The molecule has 0 atom stereocenters. The molecule has 0 aliphatic rings. The summed E-state index contributed by atoms with van der Waals surface area (Å²) >= 11 is 5.87. The van der Waals surface area contributed by atoms with Crippen LogP contribution < -0.4 is 10.1 Å². The number of nitrogens with one attached hydrogen (secondary N) is 1. The largest absolute Gasteiger partial charge is 0.478 e. The zero-order chi connectivity index (χ0) is 20.9. The second kappa shape index (κ2) is 8.93. The van der Waals surface area contributed by atoms with Gasteiger partial charge in [0.1, 0.15) is 5.75 Å². The van der Waals surface area contributed by atoms with Crippen molar-refractivity contribution in [2.75, 3.05) is 0 Å². The van der Waals surface area contributed by atoms with Crippen LogP contribution in [0, 0.1) is 0 Å². The third-order valence-corrected chi connectivity index (χ3v) is 4.69. The molecule has 0 unspecified atom stereocenters. The quantitative estimate of drug-likeness (QED) is 0.558. The van der Waals surface area contributed by atoms with Gasteiger partial charge < -0.3 is 10.1 Å². The van der Waals surface area contributed by atoms with Gasteiger partial charge >= 0.3 is 0 Å². The molecule has 4 nitrogen and oxygen atoms in total. The van der Waals surface area contributed by atoms with Gasteiger partial charge in [0.25, 0.3) is 5.91 Å². The fraction of sp³-hybridized carbons (Fsp3) is 0.167. The first-order chi connectivity index (χ1) is 13.8. The number of ketones is 1. The predicted molar refractivity (Wildman–Crippen MR) is 114 cm³/mol. The van der Waals surface area contributed by atoms with Crippen LogP contribution in [-0.4, -0.2) is 17.3 Å². The maximum absolute atomic E-state index is 12.5. The maximum Gasteiger partial charge on any atom is 0.263 e. The SMILES string of the molecule is CC(C)(Oc1ccc(C(=O)c2ccc(Cl)cc2)cc1)C(=O)NCc1ccccc1. The zero-order valence-corrected chi connectivity index (χ0v) is 17.1. The summed E-state index contributed by atoms with van der Waals surface area (Å²) < 4.78 is 5.87. The van der Waals surface area contributed by atoms with Crippen LogP contribution >= 0.6 is 11.6 Å². The number of ether oxygens (including phenoxy) is 1. The molecule has 148 valence electrons. The Balaban J connectivity index is 1.62. The van der Waals surface area contributed by atoms with Gasteiger partial charge in [0.15, 0.2) is 11.4 Å². The summed E-state index contributed by atoms with van der Waals surface area (Å²) in [5.74, 6) is 0.188. The Morgan fingerprint density at radius 2 is 1.41 bits per heavy atom. The molecule has 0 aromatic heterocycles. The van der Waals surface area contributed by atoms with E-state index in [1.165, 1.54) is 0 Å². The van der Waals surface area contributed by atoms with Crippen molar-refractivity contribution in [2.24, 2.45) is 0 Å². The van der Waals surface area contributed by atoms with E-state index in [1.807, 2.05) is 30.3 Å². The van der Waals surface area contributed by atoms with E-state index in [1.54, 1.807) is 62.4 Å². The average Bonchev–Trinajstić information content (AvgIpc) is 2.73. The molecule has 0 saturated carbocycles. The lowest BCUT2D eigenvalue weighted by atomic mass is 10.0. The van der Waals surface area contributed by atoms with Crippen LogP contribution in [0.1, 0.15) is 35.3 Å². The molecular formula is C24H22ClNO3. The number of hydrogen-bond donors (Lipinski definition) is 1. The van der Waals surface area contributed by atoms with Gasteiger partial charge in [-0.25, -0.2) is 0 Å². The summed E-state index contributed by atoms with van der Waals surface area (Å²) in [6.07, 6.45) is 0. The van der Waals surface area contributed by atoms with Gasteiger partial charge in [0, 0.05) is 22.7 Å². The van der Waals surface area contributed by atoms with Gasteiger partial charge in [-0.05, 0) is 67.9 Å². The summed E-state index contributed by atoms with van der Waals surface area (Å²) in [5, 5.41) is 3.47. The number of hydrogen-bond acceptors (Lipinski definition) is 3. The maximum atomic E-state index is 12.5. The van der Waals surface area contributed by atoms with E-state index < -0.39 is 5.60 Å². The Bertz CT molecular complexity index is 981. The number of halogens is 1. The fourth-order valence-corrected chi connectivity index (χ4v) is 2.90. The summed E-state index contributed by atoms with van der Waals surface area (Å²) in [4.78, 5) is 25.1. The molecule has 29 heavy (non-hydrogen) atoms. The topological polar surface area (TPSA) is 55.4 Å². The van der Waals surface area contributed by atoms with Crippen molar-refractivity contribution < 1.29 is 14.3 Å². The van der Waals surface area contributed by atoms with Crippen molar-refractivity contribution in [3.63, 3.8) is 0 Å². The first kappa shape index (κ1) is 20.6. The third kappa shape index (κ3) is 5.46. The Kier molecular flexibility index (Phi) is 6.35. The fourth-order valence-electron chi connectivity index (χ4n) is 2.77. The third-order valence-electron chi connectivity index (χ3n) is 4.44. The molecule has 0 aliphatic heterocycles. The van der Waals surface area contributed by atoms with Crippen LogP contribution in [0.15, 0.2) is 78.9 Å². The number of carbonyl (C=O) groups excluding carboxylic acids is 2. The molecule has 0 heterocycles. The highest BCUT2D eigenvalue weighted by Gasteiger charge is 2.29. The normalized spacial score (nSPS) is 11.0. The second-order valence-corrected chi connectivity index (χ2v) is 7.58. The van der Waals surface area contributed by atoms with E-state index in [4.69, 9.17) is 16.3 Å². The summed E-state index contributed by atoms with van der Waals surface area (Å²) in [6.45, 7) is 3.85. The van der Waals surface area contributed by atoms with Crippen LogP contribution in [0.25, 0.3) is 0 Å². The predicted octanol–water partition coefficient (Wildman–Crippen LogP) is 5.04. The molecule has 0 radical (unpaired) electrons. The zero-order valence-electron chi connectivity index (χ0n) is 16.3. The van der Waals surface area contributed by atoms with Gasteiger partial charge in [-0.1, -0.05) is 41.9 Å². The lowest BCUT2D eigenvalue weighted by Gasteiger charge is -2.25. The van der Waals surface area contributed by atoms with Crippen molar-refractivity contribution >= 4 is 23.3 Å². The van der Waals surface area contributed by atoms with E-state index in [9.17, 15) is 9.59 Å². The summed E-state index contributed by atoms with van der Waals surface area (Å²) in [5.41, 5.74) is 1.05. The summed E-state index contributed by atoms with van der Waals surface area (Å²) in [7, 11) is 0. The van der Waals surface area contributed by atoms with E-state index in [-0.39, 0.29) is 11.7 Å². The van der Waals surface area contributed by atoms with Crippen LogP contribution in [0.4, 0.5) is 0 Å². The second-order valence-electron chi connectivity index (χ2n) is 7.14. The average molecular weight is 408 g/mol. The van der Waals surface area contributed by atoms with Gasteiger partial charge in [-0.3, -0.25) is 9.59 Å². The van der Waals surface area contributed by atoms with Gasteiger partial charge in [-0.15, -0.1) is 0 Å². The highest BCUT2D eigenvalue weighted by atomic mass is 35.5. The molecule has 0 saturated heterocycles. The molecule has 0 bridgehead atoms. The van der Waals surface area contributed by atoms with Crippen LogP contribution in [0.3, 0.4) is 0 Å². The van der Waals surface area contributed by atoms with Crippen molar-refractivity contribution in [3.8, 4) is 5.75 Å². The molecule has 5 heteroatoms. The van der Waals surface area contributed by atoms with Gasteiger partial charge in [0.2, 0.25) is 0 Å². The molecular weight excluding hydrogens is 386 g/mol. The van der Waals surface area contributed by atoms with E-state index >= 15 is 0 Å². The monoisotopic (exact) mass is 407 g/mol. The van der Waals surface area contributed by atoms with E-state index in [0.717, 1.165) is 5.56 Å². The van der Waals surface area contributed by atoms with E-state index in [2.05, 4.69) is 5.32 Å². The van der Waals surface area contributed by atoms with Crippen LogP contribution in [0.2, 0.25) is 5.02 Å². The lowest BCUT2D eigenvalue weighted by molar-refractivity contribution is -0.134. The Labute approximate surface area is 175 Å². The molecule has 1 amide bonds. The van der Waals surface area contributed by atoms with Crippen molar-refractivity contribution in [3.05, 3.63) is 101 Å². The van der Waals surface area contributed by atoms with Crippen LogP contribution in [0.5, 0.6) is 5.75 Å². The first-order valence-corrected chi connectivity index (χ1v) is 9.64. The number of carbonyl (C=O) groups is 2. The highest BCUT2D eigenvalue weighted by Crippen LogP contribution is 2.21. The van der Waals surface area contributed by atoms with Crippen molar-refractivity contribution in [2.45, 2.75) is 26.0 Å². The molecule has 1 N–H and O–H groups in total. The molecule has 0 fully saturated rings.